The van der Waals surface area contributed by atoms with E-state index in [1.807, 2.05) is 0 Å². The molecular formula is C14H15N3O4. The van der Waals surface area contributed by atoms with E-state index in [-0.39, 0.29) is 5.56 Å². The number of aromatic nitrogens is 2. The second-order valence-corrected chi connectivity index (χ2v) is 4.72. The van der Waals surface area contributed by atoms with Crippen molar-refractivity contribution in [3.63, 3.8) is 0 Å². The van der Waals surface area contributed by atoms with Crippen LogP contribution >= 0.6 is 0 Å². The number of carbonyl (C=O) groups is 2. The molecule has 0 bridgehead atoms. The first-order valence-electron chi connectivity index (χ1n) is 6.41. The molecule has 21 heavy (non-hydrogen) atoms. The number of para-hydroxylation sites is 1. The maximum atomic E-state index is 12.3. The number of rotatable bonds is 4. The predicted octanol–water partition coefficient (Wildman–Crippen LogP) is 0.547. The van der Waals surface area contributed by atoms with E-state index in [2.05, 4.69) is 10.3 Å². The summed E-state index contributed by atoms with van der Waals surface area (Å²) in [6.45, 7) is 2.87. The van der Waals surface area contributed by atoms with Crippen molar-refractivity contribution >= 4 is 22.8 Å². The monoisotopic (exact) mass is 289 g/mol. The van der Waals surface area contributed by atoms with Gasteiger partial charge in [0.25, 0.3) is 5.56 Å². The first kappa shape index (κ1) is 14.7. The Morgan fingerprint density at radius 3 is 2.62 bits per heavy atom. The van der Waals surface area contributed by atoms with Crippen molar-refractivity contribution in [2.75, 3.05) is 0 Å². The van der Waals surface area contributed by atoms with Gasteiger partial charge in [0.05, 0.1) is 17.2 Å². The highest BCUT2D eigenvalue weighted by atomic mass is 16.4. The number of hydrogen-bond donors (Lipinski definition) is 2. The molecule has 0 fully saturated rings. The standard InChI is InChI=1S/C14H15N3O4/c1-8(14(20)21)16-12(18)9(2)17-7-15-11-6-4-3-5-10(11)13(17)19/h3-9H,1-2H3,(H,16,18)(H,20,21). The Bertz CT molecular complexity index is 753. The fourth-order valence-corrected chi connectivity index (χ4v) is 1.88. The Kier molecular flexibility index (Phi) is 4.02. The van der Waals surface area contributed by atoms with Gasteiger partial charge < -0.3 is 10.4 Å². The largest absolute Gasteiger partial charge is 0.480 e. The van der Waals surface area contributed by atoms with Crippen LogP contribution in [0.5, 0.6) is 0 Å². The van der Waals surface area contributed by atoms with Gasteiger partial charge in [-0.15, -0.1) is 0 Å². The third-order valence-electron chi connectivity index (χ3n) is 3.22. The van der Waals surface area contributed by atoms with Crippen LogP contribution in [0.3, 0.4) is 0 Å². The van der Waals surface area contributed by atoms with Crippen LogP contribution in [0.1, 0.15) is 19.9 Å². The van der Waals surface area contributed by atoms with Crippen molar-refractivity contribution in [3.05, 3.63) is 40.9 Å². The first-order chi connectivity index (χ1) is 9.91. The lowest BCUT2D eigenvalue weighted by molar-refractivity contribution is -0.141. The highest BCUT2D eigenvalue weighted by Crippen LogP contribution is 2.08. The molecule has 1 aromatic carbocycles. The minimum Gasteiger partial charge on any atom is -0.480 e. The number of fused-ring (bicyclic) bond motifs is 1. The van der Waals surface area contributed by atoms with Gasteiger partial charge in [-0.1, -0.05) is 12.1 Å². The van der Waals surface area contributed by atoms with Crippen LogP contribution in [0.2, 0.25) is 0 Å². The normalized spacial score (nSPS) is 13.6. The van der Waals surface area contributed by atoms with Crippen LogP contribution in [0.4, 0.5) is 0 Å². The SMILES string of the molecule is CC(NC(=O)C(C)n1cnc2ccccc2c1=O)C(=O)O. The zero-order valence-corrected chi connectivity index (χ0v) is 11.6. The smallest absolute Gasteiger partial charge is 0.325 e. The van der Waals surface area contributed by atoms with E-state index in [0.29, 0.717) is 10.9 Å². The number of aliphatic carboxylic acids is 1. The van der Waals surface area contributed by atoms with Crippen LogP contribution in [0.25, 0.3) is 10.9 Å². The maximum Gasteiger partial charge on any atom is 0.325 e. The van der Waals surface area contributed by atoms with Gasteiger partial charge in [0.2, 0.25) is 5.91 Å². The van der Waals surface area contributed by atoms with Crippen molar-refractivity contribution in [1.82, 2.24) is 14.9 Å². The Labute approximate surface area is 120 Å². The van der Waals surface area contributed by atoms with Gasteiger partial charge in [-0.25, -0.2) is 4.98 Å². The summed E-state index contributed by atoms with van der Waals surface area (Å²) in [5.41, 5.74) is 0.205. The Morgan fingerprint density at radius 1 is 1.29 bits per heavy atom. The number of carboxylic acids is 1. The van der Waals surface area contributed by atoms with E-state index in [9.17, 15) is 14.4 Å². The van der Waals surface area contributed by atoms with Crippen LogP contribution in [-0.4, -0.2) is 32.6 Å². The summed E-state index contributed by atoms with van der Waals surface area (Å²) in [5, 5.41) is 11.5. The number of amides is 1. The number of carbonyl (C=O) groups excluding carboxylic acids is 1. The van der Waals surface area contributed by atoms with E-state index in [1.165, 1.54) is 24.7 Å². The lowest BCUT2D eigenvalue weighted by Gasteiger charge is -2.17. The minimum atomic E-state index is -1.14. The van der Waals surface area contributed by atoms with Crippen LogP contribution < -0.4 is 10.9 Å². The second-order valence-electron chi connectivity index (χ2n) is 4.72. The lowest BCUT2D eigenvalue weighted by atomic mass is 10.2. The fourth-order valence-electron chi connectivity index (χ4n) is 1.88. The van der Waals surface area contributed by atoms with Gasteiger partial charge in [-0.2, -0.15) is 0 Å². The quantitative estimate of drug-likeness (QED) is 0.855. The molecule has 0 aliphatic heterocycles. The molecule has 0 aliphatic rings. The Hall–Kier alpha value is -2.70. The maximum absolute atomic E-state index is 12.3. The summed E-state index contributed by atoms with van der Waals surface area (Å²) in [6.07, 6.45) is 1.29. The Morgan fingerprint density at radius 2 is 1.95 bits per heavy atom. The molecule has 0 aliphatic carbocycles. The molecule has 0 radical (unpaired) electrons. The zero-order valence-electron chi connectivity index (χ0n) is 11.6. The molecule has 1 heterocycles. The molecule has 2 aromatic rings. The van der Waals surface area contributed by atoms with Crippen LogP contribution in [0.15, 0.2) is 35.4 Å². The van der Waals surface area contributed by atoms with Crippen LogP contribution in [0, 0.1) is 0 Å². The average molecular weight is 289 g/mol. The molecule has 110 valence electrons. The minimum absolute atomic E-state index is 0.341. The predicted molar refractivity (Wildman–Crippen MR) is 76.0 cm³/mol. The number of carboxylic acid groups (broad SMARTS) is 1. The second kappa shape index (κ2) is 5.74. The lowest BCUT2D eigenvalue weighted by Crippen LogP contribution is -2.43. The molecule has 2 rings (SSSR count). The fraction of sp³-hybridized carbons (Fsp3) is 0.286. The summed E-state index contributed by atoms with van der Waals surface area (Å²) in [7, 11) is 0. The number of benzene rings is 1. The van der Waals surface area contributed by atoms with Crippen molar-refractivity contribution in [2.24, 2.45) is 0 Å². The third-order valence-corrected chi connectivity index (χ3v) is 3.22. The van der Waals surface area contributed by atoms with Gasteiger partial charge in [0, 0.05) is 0 Å². The molecule has 7 nitrogen and oxygen atoms in total. The number of hydrogen-bond acceptors (Lipinski definition) is 4. The summed E-state index contributed by atoms with van der Waals surface area (Å²) < 4.78 is 1.19. The highest BCUT2D eigenvalue weighted by molar-refractivity contribution is 5.86. The zero-order chi connectivity index (χ0) is 15.6. The number of nitrogens with one attached hydrogen (secondary N) is 1. The van der Waals surface area contributed by atoms with E-state index in [1.54, 1.807) is 24.3 Å². The average Bonchev–Trinajstić information content (AvgIpc) is 2.47. The molecular weight excluding hydrogens is 274 g/mol. The van der Waals surface area contributed by atoms with Gasteiger partial charge in [0.1, 0.15) is 12.1 Å². The molecule has 1 aromatic heterocycles. The molecule has 2 unspecified atom stereocenters. The topological polar surface area (TPSA) is 101 Å². The molecule has 0 spiro atoms. The van der Waals surface area contributed by atoms with Gasteiger partial charge in [0.15, 0.2) is 0 Å². The summed E-state index contributed by atoms with van der Waals surface area (Å²) in [5.74, 6) is -1.69. The molecule has 7 heteroatoms. The summed E-state index contributed by atoms with van der Waals surface area (Å²) in [6, 6.07) is 4.95. The van der Waals surface area contributed by atoms with E-state index >= 15 is 0 Å². The van der Waals surface area contributed by atoms with Crippen molar-refractivity contribution < 1.29 is 14.7 Å². The van der Waals surface area contributed by atoms with Gasteiger partial charge in [-0.05, 0) is 26.0 Å². The molecule has 2 atom stereocenters. The van der Waals surface area contributed by atoms with E-state index in [0.717, 1.165) is 0 Å². The van der Waals surface area contributed by atoms with E-state index < -0.39 is 24.0 Å². The number of nitrogens with zero attached hydrogens (tertiary/aromatic N) is 2. The van der Waals surface area contributed by atoms with Gasteiger partial charge in [-0.3, -0.25) is 19.0 Å². The Balaban J connectivity index is 2.33. The molecule has 0 saturated heterocycles. The van der Waals surface area contributed by atoms with Crippen molar-refractivity contribution in [2.45, 2.75) is 25.9 Å². The van der Waals surface area contributed by atoms with Crippen molar-refractivity contribution in [3.8, 4) is 0 Å². The highest BCUT2D eigenvalue weighted by Gasteiger charge is 2.21. The van der Waals surface area contributed by atoms with Crippen LogP contribution in [-0.2, 0) is 9.59 Å². The summed E-state index contributed by atoms with van der Waals surface area (Å²) >= 11 is 0. The molecule has 2 N–H and O–H groups in total. The van der Waals surface area contributed by atoms with E-state index in [4.69, 9.17) is 5.11 Å². The molecule has 1 amide bonds. The first-order valence-corrected chi connectivity index (χ1v) is 6.41. The van der Waals surface area contributed by atoms with Gasteiger partial charge >= 0.3 is 5.97 Å². The summed E-state index contributed by atoms with van der Waals surface area (Å²) in [4.78, 5) is 39.2. The third kappa shape index (κ3) is 2.91. The van der Waals surface area contributed by atoms with Crippen molar-refractivity contribution in [1.29, 1.82) is 0 Å². The molecule has 0 saturated carbocycles.